The summed E-state index contributed by atoms with van der Waals surface area (Å²) in [4.78, 5) is 13.1. The van der Waals surface area contributed by atoms with Gasteiger partial charge in [-0.15, -0.1) is 0 Å². The lowest BCUT2D eigenvalue weighted by Gasteiger charge is -2.08. The van der Waals surface area contributed by atoms with Crippen molar-refractivity contribution in [3.05, 3.63) is 53.1 Å². The molecule has 0 fully saturated rings. The van der Waals surface area contributed by atoms with Crippen molar-refractivity contribution < 1.29 is 4.79 Å². The van der Waals surface area contributed by atoms with Crippen LogP contribution in [0.15, 0.2) is 52.3 Å². The van der Waals surface area contributed by atoms with Gasteiger partial charge in [-0.25, -0.2) is 0 Å². The number of nitrogen functional groups attached to an aromatic ring is 1. The number of ketones is 1. The molecule has 2 aromatic carbocycles. The number of hydrogen-bond donors (Lipinski definition) is 1. The number of benzene rings is 2. The number of halogens is 1. The van der Waals surface area contributed by atoms with Gasteiger partial charge in [0.2, 0.25) is 0 Å². The largest absolute Gasteiger partial charge is 0.398 e. The van der Waals surface area contributed by atoms with Crippen LogP contribution in [0.1, 0.15) is 17.3 Å². The Morgan fingerprint density at radius 2 is 1.89 bits per heavy atom. The Morgan fingerprint density at radius 1 is 1.17 bits per heavy atom. The second kappa shape index (κ2) is 5.46. The Balaban J connectivity index is 2.37. The van der Waals surface area contributed by atoms with Crippen LogP contribution in [0.4, 0.5) is 5.69 Å². The summed E-state index contributed by atoms with van der Waals surface area (Å²) in [5, 5.41) is 0.676. The topological polar surface area (TPSA) is 43.1 Å². The van der Waals surface area contributed by atoms with Gasteiger partial charge in [-0.2, -0.15) is 0 Å². The third-order valence-corrected chi connectivity index (χ3v) is 4.07. The van der Waals surface area contributed by atoms with Gasteiger partial charge in [0, 0.05) is 21.0 Å². The number of hydrogen-bond acceptors (Lipinski definition) is 3. The van der Waals surface area contributed by atoms with Crippen molar-refractivity contribution in [3.8, 4) is 0 Å². The van der Waals surface area contributed by atoms with Crippen LogP contribution in [0, 0.1) is 0 Å². The summed E-state index contributed by atoms with van der Waals surface area (Å²) < 4.78 is 0. The molecule has 2 aromatic rings. The normalized spacial score (nSPS) is 10.3. The molecule has 0 aromatic heterocycles. The molecule has 0 saturated heterocycles. The predicted octanol–water partition coefficient (Wildman–Crippen LogP) is 4.28. The van der Waals surface area contributed by atoms with E-state index in [-0.39, 0.29) is 5.78 Å². The van der Waals surface area contributed by atoms with Gasteiger partial charge < -0.3 is 5.73 Å². The Labute approximate surface area is 115 Å². The maximum absolute atomic E-state index is 11.4. The first-order valence-corrected chi connectivity index (χ1v) is 6.60. The van der Waals surface area contributed by atoms with E-state index < -0.39 is 0 Å². The van der Waals surface area contributed by atoms with E-state index in [0.29, 0.717) is 16.3 Å². The first-order valence-electron chi connectivity index (χ1n) is 5.41. The summed E-state index contributed by atoms with van der Waals surface area (Å²) in [6.07, 6.45) is 0. The molecular weight excluding hydrogens is 266 g/mol. The number of carbonyl (C=O) groups excluding carboxylic acids is 1. The number of nitrogens with two attached hydrogens (primary N) is 1. The van der Waals surface area contributed by atoms with Gasteiger partial charge in [-0.3, -0.25) is 4.79 Å². The molecule has 0 atom stereocenters. The lowest BCUT2D eigenvalue weighted by molar-refractivity contribution is 0.101. The Hall–Kier alpha value is -1.45. The van der Waals surface area contributed by atoms with Crippen LogP contribution in [0.25, 0.3) is 0 Å². The summed E-state index contributed by atoms with van der Waals surface area (Å²) in [6, 6.07) is 12.8. The van der Waals surface area contributed by atoms with Gasteiger partial charge in [-0.1, -0.05) is 35.5 Å². The molecule has 0 spiro atoms. The highest BCUT2D eigenvalue weighted by Crippen LogP contribution is 2.36. The highest BCUT2D eigenvalue weighted by molar-refractivity contribution is 7.99. The van der Waals surface area contributed by atoms with Crippen molar-refractivity contribution in [2.45, 2.75) is 16.7 Å². The molecule has 0 saturated carbocycles. The molecule has 4 heteroatoms. The van der Waals surface area contributed by atoms with Gasteiger partial charge in [0.1, 0.15) is 0 Å². The Kier molecular flexibility index (Phi) is 3.94. The van der Waals surface area contributed by atoms with Crippen molar-refractivity contribution in [2.24, 2.45) is 0 Å². The summed E-state index contributed by atoms with van der Waals surface area (Å²) in [6.45, 7) is 1.54. The van der Waals surface area contributed by atoms with Crippen molar-refractivity contribution in [2.75, 3.05) is 5.73 Å². The van der Waals surface area contributed by atoms with E-state index in [1.165, 1.54) is 18.7 Å². The van der Waals surface area contributed by atoms with Gasteiger partial charge in [-0.05, 0) is 37.3 Å². The van der Waals surface area contributed by atoms with Gasteiger partial charge in [0.15, 0.2) is 5.78 Å². The summed E-state index contributed by atoms with van der Waals surface area (Å²) in [7, 11) is 0. The number of Topliss-reactive ketones (excluding diaryl/α,β-unsaturated/α-hetero) is 1. The van der Waals surface area contributed by atoms with Gasteiger partial charge >= 0.3 is 0 Å². The quantitative estimate of drug-likeness (QED) is 0.673. The molecule has 0 unspecified atom stereocenters. The minimum Gasteiger partial charge on any atom is -0.398 e. The van der Waals surface area contributed by atoms with E-state index in [4.69, 9.17) is 17.3 Å². The molecule has 0 aliphatic heterocycles. The minimum absolute atomic E-state index is 0.0241. The van der Waals surface area contributed by atoms with Crippen molar-refractivity contribution in [1.29, 1.82) is 0 Å². The van der Waals surface area contributed by atoms with Crippen LogP contribution in [0.3, 0.4) is 0 Å². The number of carbonyl (C=O) groups is 1. The average molecular weight is 278 g/mol. The molecule has 0 bridgehead atoms. The highest BCUT2D eigenvalue weighted by atomic mass is 35.5. The fourth-order valence-corrected chi connectivity index (χ4v) is 2.66. The lowest BCUT2D eigenvalue weighted by atomic mass is 10.1. The zero-order valence-corrected chi connectivity index (χ0v) is 11.4. The van der Waals surface area contributed by atoms with E-state index in [9.17, 15) is 4.79 Å². The van der Waals surface area contributed by atoms with Gasteiger partial charge in [0.05, 0.1) is 5.02 Å². The average Bonchev–Trinajstić information content (AvgIpc) is 2.34. The first-order chi connectivity index (χ1) is 8.58. The number of anilines is 1. The van der Waals surface area contributed by atoms with E-state index in [0.717, 1.165) is 9.79 Å². The summed E-state index contributed by atoms with van der Waals surface area (Å²) >= 11 is 7.56. The van der Waals surface area contributed by atoms with Gasteiger partial charge in [0.25, 0.3) is 0 Å². The maximum atomic E-state index is 11.4. The van der Waals surface area contributed by atoms with Crippen LogP contribution in [-0.2, 0) is 0 Å². The SMILES string of the molecule is CC(=O)c1ccc(N)c(Sc2ccccc2Cl)c1. The van der Waals surface area contributed by atoms with Crippen molar-refractivity contribution in [1.82, 2.24) is 0 Å². The van der Waals surface area contributed by atoms with E-state index in [2.05, 4.69) is 0 Å². The highest BCUT2D eigenvalue weighted by Gasteiger charge is 2.08. The standard InChI is InChI=1S/C14H12ClNOS/c1-9(17)10-6-7-12(16)14(8-10)18-13-5-3-2-4-11(13)15/h2-8H,16H2,1H3. The molecule has 0 aliphatic rings. The predicted molar refractivity (Wildman–Crippen MR) is 76.4 cm³/mol. The third-order valence-electron chi connectivity index (χ3n) is 2.48. The Bertz CT molecular complexity index is 598. The smallest absolute Gasteiger partial charge is 0.159 e. The van der Waals surface area contributed by atoms with E-state index in [1.54, 1.807) is 18.2 Å². The van der Waals surface area contributed by atoms with Crippen LogP contribution in [-0.4, -0.2) is 5.78 Å². The zero-order valence-electron chi connectivity index (χ0n) is 9.81. The van der Waals surface area contributed by atoms with Crippen molar-refractivity contribution in [3.63, 3.8) is 0 Å². The Morgan fingerprint density at radius 3 is 2.56 bits per heavy atom. The van der Waals surface area contributed by atoms with Crippen LogP contribution in [0.2, 0.25) is 5.02 Å². The molecule has 2 N–H and O–H groups in total. The van der Waals surface area contributed by atoms with Crippen LogP contribution < -0.4 is 5.73 Å². The number of rotatable bonds is 3. The van der Waals surface area contributed by atoms with E-state index in [1.807, 2.05) is 24.3 Å². The molecular formula is C14H12ClNOS. The van der Waals surface area contributed by atoms with Crippen molar-refractivity contribution >= 4 is 34.8 Å². The molecule has 0 radical (unpaired) electrons. The van der Waals surface area contributed by atoms with E-state index >= 15 is 0 Å². The molecule has 18 heavy (non-hydrogen) atoms. The maximum Gasteiger partial charge on any atom is 0.159 e. The second-order valence-electron chi connectivity index (χ2n) is 3.84. The molecule has 0 aliphatic carbocycles. The third kappa shape index (κ3) is 2.86. The molecule has 92 valence electrons. The molecule has 0 heterocycles. The lowest BCUT2D eigenvalue weighted by Crippen LogP contribution is -1.95. The monoisotopic (exact) mass is 277 g/mol. The second-order valence-corrected chi connectivity index (χ2v) is 5.33. The summed E-state index contributed by atoms with van der Waals surface area (Å²) in [5.74, 6) is 0.0241. The molecule has 0 amide bonds. The van der Waals surface area contributed by atoms with Crippen LogP contribution >= 0.6 is 23.4 Å². The minimum atomic E-state index is 0.0241. The fraction of sp³-hybridized carbons (Fsp3) is 0.0714. The molecule has 2 rings (SSSR count). The first kappa shape index (κ1) is 13.0. The fourth-order valence-electron chi connectivity index (χ4n) is 1.49. The summed E-state index contributed by atoms with van der Waals surface area (Å²) in [5.41, 5.74) is 7.21. The zero-order chi connectivity index (χ0) is 13.1. The van der Waals surface area contributed by atoms with Crippen LogP contribution in [0.5, 0.6) is 0 Å². The molecule has 2 nitrogen and oxygen atoms in total.